The van der Waals surface area contributed by atoms with Crippen molar-refractivity contribution in [3.8, 4) is 0 Å². The number of aliphatic hydroxyl groups is 1. The molecule has 0 aliphatic carbocycles. The zero-order valence-electron chi connectivity index (χ0n) is 7.02. The van der Waals surface area contributed by atoms with Gasteiger partial charge in [-0.25, -0.2) is 0 Å². The highest BCUT2D eigenvalue weighted by molar-refractivity contribution is 7.85. The zero-order valence-corrected chi connectivity index (χ0v) is 7.84. The molecule has 1 unspecified atom stereocenters. The van der Waals surface area contributed by atoms with Gasteiger partial charge < -0.3 is 10.8 Å². The summed E-state index contributed by atoms with van der Waals surface area (Å²) in [5, 5.41) is 8.69. The molecular formula is C6H15NO4S. The highest BCUT2D eigenvalue weighted by Crippen LogP contribution is 2.08. The maximum absolute atomic E-state index is 10.3. The molecule has 1 atom stereocenters. The van der Waals surface area contributed by atoms with Crippen LogP contribution in [0.15, 0.2) is 0 Å². The number of aliphatic hydroxyl groups excluding tert-OH is 1. The topological polar surface area (TPSA) is 101 Å². The van der Waals surface area contributed by atoms with Gasteiger partial charge in [-0.05, 0) is 19.8 Å². The van der Waals surface area contributed by atoms with E-state index in [-0.39, 0.29) is 18.8 Å². The summed E-state index contributed by atoms with van der Waals surface area (Å²) in [5.74, 6) is -0.306. The van der Waals surface area contributed by atoms with Gasteiger partial charge in [-0.1, -0.05) is 0 Å². The van der Waals surface area contributed by atoms with Gasteiger partial charge >= 0.3 is 0 Å². The Kier molecular flexibility index (Phi) is 4.12. The summed E-state index contributed by atoms with van der Waals surface area (Å²) >= 11 is 0. The number of hydrogen-bond donors (Lipinski definition) is 3. The fourth-order valence-corrected chi connectivity index (χ4v) is 1.25. The van der Waals surface area contributed by atoms with E-state index in [0.717, 1.165) is 0 Å². The molecule has 0 fully saturated rings. The van der Waals surface area contributed by atoms with E-state index in [0.29, 0.717) is 6.42 Å². The molecule has 6 heteroatoms. The standard InChI is InChI=1S/C6H15NO4S/c1-6(7,5-8)3-2-4-12(9,10)11/h8H,2-5,7H2,1H3,(H,9,10,11). The minimum absolute atomic E-state index is 0.196. The Morgan fingerprint density at radius 2 is 2.00 bits per heavy atom. The predicted octanol–water partition coefficient (Wildman–Crippen LogP) is -0.636. The summed E-state index contributed by atoms with van der Waals surface area (Å²) in [6.07, 6.45) is 0.621. The van der Waals surface area contributed by atoms with Crippen molar-refractivity contribution < 1.29 is 18.1 Å². The van der Waals surface area contributed by atoms with Gasteiger partial charge in [0.15, 0.2) is 0 Å². The quantitative estimate of drug-likeness (QED) is 0.509. The maximum atomic E-state index is 10.3. The summed E-state index contributed by atoms with van der Waals surface area (Å²) in [4.78, 5) is 0. The Labute approximate surface area is 72.3 Å². The SMILES string of the molecule is CC(N)(CO)CCCS(=O)(=O)O. The van der Waals surface area contributed by atoms with E-state index in [1.54, 1.807) is 6.92 Å². The monoisotopic (exact) mass is 197 g/mol. The fourth-order valence-electron chi connectivity index (χ4n) is 0.737. The lowest BCUT2D eigenvalue weighted by Crippen LogP contribution is -2.40. The van der Waals surface area contributed by atoms with Gasteiger partial charge in [0.2, 0.25) is 0 Å². The third-order valence-electron chi connectivity index (χ3n) is 1.51. The Bertz CT molecular complexity index is 222. The van der Waals surface area contributed by atoms with Gasteiger partial charge in [-0.15, -0.1) is 0 Å². The van der Waals surface area contributed by atoms with Crippen LogP contribution < -0.4 is 5.73 Å². The van der Waals surface area contributed by atoms with Crippen molar-refractivity contribution in [2.45, 2.75) is 25.3 Å². The zero-order chi connectivity index (χ0) is 9.83. The summed E-state index contributed by atoms with van der Waals surface area (Å²) in [6.45, 7) is 1.43. The first kappa shape index (κ1) is 11.8. The van der Waals surface area contributed by atoms with Crippen LogP contribution in [0.25, 0.3) is 0 Å². The van der Waals surface area contributed by atoms with Crippen LogP contribution in [-0.4, -0.2) is 36.0 Å². The van der Waals surface area contributed by atoms with Crippen LogP contribution in [0.3, 0.4) is 0 Å². The molecule has 0 rings (SSSR count). The second-order valence-electron chi connectivity index (χ2n) is 3.20. The largest absolute Gasteiger partial charge is 0.394 e. The molecule has 5 nitrogen and oxygen atoms in total. The second kappa shape index (κ2) is 4.18. The summed E-state index contributed by atoms with van der Waals surface area (Å²) in [7, 11) is -3.89. The Morgan fingerprint density at radius 3 is 2.33 bits per heavy atom. The molecule has 0 bridgehead atoms. The molecule has 0 saturated heterocycles. The molecule has 0 aliphatic heterocycles. The van der Waals surface area contributed by atoms with Crippen LogP contribution >= 0.6 is 0 Å². The van der Waals surface area contributed by atoms with Crippen molar-refractivity contribution in [3.63, 3.8) is 0 Å². The normalized spacial score (nSPS) is 17.3. The Morgan fingerprint density at radius 1 is 1.50 bits per heavy atom. The van der Waals surface area contributed by atoms with E-state index >= 15 is 0 Å². The van der Waals surface area contributed by atoms with Crippen molar-refractivity contribution in [2.24, 2.45) is 5.73 Å². The first-order chi connectivity index (χ1) is 5.27. The summed E-state index contributed by atoms with van der Waals surface area (Å²) in [5.41, 5.74) is 4.76. The van der Waals surface area contributed by atoms with E-state index in [4.69, 9.17) is 15.4 Å². The second-order valence-corrected chi connectivity index (χ2v) is 4.77. The van der Waals surface area contributed by atoms with Gasteiger partial charge in [-0.3, -0.25) is 4.55 Å². The van der Waals surface area contributed by atoms with Crippen molar-refractivity contribution in [2.75, 3.05) is 12.4 Å². The van der Waals surface area contributed by atoms with Crippen LogP contribution in [-0.2, 0) is 10.1 Å². The highest BCUT2D eigenvalue weighted by atomic mass is 32.2. The average Bonchev–Trinajstić information content (AvgIpc) is 1.84. The highest BCUT2D eigenvalue weighted by Gasteiger charge is 2.17. The molecule has 74 valence electrons. The van der Waals surface area contributed by atoms with Crippen molar-refractivity contribution in [1.29, 1.82) is 0 Å². The fraction of sp³-hybridized carbons (Fsp3) is 1.00. The van der Waals surface area contributed by atoms with Crippen LogP contribution in [0.1, 0.15) is 19.8 Å². The number of rotatable bonds is 5. The lowest BCUT2D eigenvalue weighted by atomic mass is 9.99. The Hall–Kier alpha value is -0.170. The van der Waals surface area contributed by atoms with Crippen LogP contribution in [0.2, 0.25) is 0 Å². The first-order valence-electron chi connectivity index (χ1n) is 3.62. The molecule has 0 heterocycles. The molecule has 4 N–H and O–H groups in total. The first-order valence-corrected chi connectivity index (χ1v) is 5.23. The molecule has 0 radical (unpaired) electrons. The lowest BCUT2D eigenvalue weighted by molar-refractivity contribution is 0.199. The summed E-state index contributed by atoms with van der Waals surface area (Å²) in [6, 6.07) is 0. The molecule has 0 saturated carbocycles. The number of nitrogens with two attached hydrogens (primary N) is 1. The molecule has 0 aromatic rings. The van der Waals surface area contributed by atoms with Gasteiger partial charge in [-0.2, -0.15) is 8.42 Å². The lowest BCUT2D eigenvalue weighted by Gasteiger charge is -2.20. The van der Waals surface area contributed by atoms with E-state index < -0.39 is 15.7 Å². The summed E-state index contributed by atoms with van der Waals surface area (Å²) < 4.78 is 28.9. The number of hydrogen-bond acceptors (Lipinski definition) is 4. The van der Waals surface area contributed by atoms with Crippen LogP contribution in [0.4, 0.5) is 0 Å². The minimum Gasteiger partial charge on any atom is -0.394 e. The van der Waals surface area contributed by atoms with Gasteiger partial charge in [0.25, 0.3) is 10.1 Å². The molecule has 0 amide bonds. The van der Waals surface area contributed by atoms with Crippen LogP contribution in [0.5, 0.6) is 0 Å². The minimum atomic E-state index is -3.89. The van der Waals surface area contributed by atoms with Gasteiger partial charge in [0, 0.05) is 5.54 Å². The molecule has 0 spiro atoms. The van der Waals surface area contributed by atoms with Gasteiger partial charge in [0.05, 0.1) is 12.4 Å². The van der Waals surface area contributed by atoms with Crippen LogP contribution in [0, 0.1) is 0 Å². The smallest absolute Gasteiger partial charge is 0.264 e. The maximum Gasteiger partial charge on any atom is 0.264 e. The molecular weight excluding hydrogens is 182 g/mol. The molecule has 0 aromatic carbocycles. The Balaban J connectivity index is 3.72. The van der Waals surface area contributed by atoms with E-state index in [1.807, 2.05) is 0 Å². The van der Waals surface area contributed by atoms with Crippen molar-refractivity contribution in [3.05, 3.63) is 0 Å². The third-order valence-corrected chi connectivity index (χ3v) is 2.32. The van der Waals surface area contributed by atoms with Crippen molar-refractivity contribution in [1.82, 2.24) is 0 Å². The third kappa shape index (κ3) is 6.53. The van der Waals surface area contributed by atoms with E-state index in [1.165, 1.54) is 0 Å². The predicted molar refractivity (Wildman–Crippen MR) is 45.3 cm³/mol. The molecule has 12 heavy (non-hydrogen) atoms. The van der Waals surface area contributed by atoms with Crippen molar-refractivity contribution >= 4 is 10.1 Å². The molecule has 0 aromatic heterocycles. The van der Waals surface area contributed by atoms with Gasteiger partial charge in [0.1, 0.15) is 0 Å². The molecule has 0 aliphatic rings. The van der Waals surface area contributed by atoms with E-state index in [2.05, 4.69) is 0 Å². The average molecular weight is 197 g/mol. The van der Waals surface area contributed by atoms with E-state index in [9.17, 15) is 8.42 Å².